The smallest absolute Gasteiger partial charge is 0.261 e. The monoisotopic (exact) mass is 425 g/mol. The van der Waals surface area contributed by atoms with Crippen LogP contribution in [0.25, 0.3) is 0 Å². The lowest BCUT2D eigenvalue weighted by Crippen LogP contribution is -2.51. The molecule has 150 valence electrons. The normalized spacial score (nSPS) is 17.0. The summed E-state index contributed by atoms with van der Waals surface area (Å²) in [5, 5.41) is 0. The molecule has 0 N–H and O–H groups in total. The number of rotatable bonds is 4. The average molecular weight is 426 g/mol. The molecule has 0 spiro atoms. The Hall–Kier alpha value is -2.12. The number of piperazine rings is 1. The molecule has 7 nitrogen and oxygen atoms in total. The molecule has 2 heterocycles. The van der Waals surface area contributed by atoms with Gasteiger partial charge in [0.25, 0.3) is 23.6 Å². The third-order valence-corrected chi connectivity index (χ3v) is 5.20. The largest absolute Gasteiger partial charge is 0.337 e. The van der Waals surface area contributed by atoms with E-state index in [0.29, 0.717) is 43.9 Å². The number of halogens is 2. The van der Waals surface area contributed by atoms with Gasteiger partial charge in [-0.2, -0.15) is 0 Å². The van der Waals surface area contributed by atoms with Gasteiger partial charge in [-0.3, -0.25) is 24.1 Å². The molecule has 0 atom stereocenters. The van der Waals surface area contributed by atoms with E-state index in [2.05, 4.69) is 0 Å². The molecule has 4 amide bonds. The van der Waals surface area contributed by atoms with Crippen molar-refractivity contribution in [2.24, 2.45) is 5.92 Å². The van der Waals surface area contributed by atoms with Gasteiger partial charge in [-0.05, 0) is 24.1 Å². The Morgan fingerprint density at radius 1 is 0.964 bits per heavy atom. The summed E-state index contributed by atoms with van der Waals surface area (Å²) in [4.78, 5) is 52.9. The van der Waals surface area contributed by atoms with E-state index in [1.807, 2.05) is 13.8 Å². The Kier molecular flexibility index (Phi) is 5.95. The van der Waals surface area contributed by atoms with Crippen molar-refractivity contribution in [1.29, 1.82) is 0 Å². The Bertz CT molecular complexity index is 832. The molecule has 1 saturated heterocycles. The fourth-order valence-electron chi connectivity index (χ4n) is 3.41. The highest BCUT2D eigenvalue weighted by Crippen LogP contribution is 2.25. The lowest BCUT2D eigenvalue weighted by Gasteiger charge is -2.35. The van der Waals surface area contributed by atoms with Gasteiger partial charge in [-0.25, -0.2) is 0 Å². The Morgan fingerprint density at radius 3 is 2.11 bits per heavy atom. The lowest BCUT2D eigenvalue weighted by molar-refractivity contribution is -0.130. The van der Waals surface area contributed by atoms with Crippen LogP contribution in [0.5, 0.6) is 0 Å². The quantitative estimate of drug-likeness (QED) is 0.545. The molecule has 1 fully saturated rings. The number of fused-ring (bicyclic) bond motifs is 1. The molecule has 2 aliphatic heterocycles. The minimum Gasteiger partial charge on any atom is -0.337 e. The van der Waals surface area contributed by atoms with E-state index in [0.717, 1.165) is 0 Å². The summed E-state index contributed by atoms with van der Waals surface area (Å²) in [6, 6.07) is 4.59. The fraction of sp³-hybridized carbons (Fsp3) is 0.474. The lowest BCUT2D eigenvalue weighted by atomic mass is 10.0. The summed E-state index contributed by atoms with van der Waals surface area (Å²) in [6.45, 7) is 5.56. The zero-order chi connectivity index (χ0) is 20.6. The minimum absolute atomic E-state index is 0.155. The first-order valence-corrected chi connectivity index (χ1v) is 9.94. The SMILES string of the molecule is CC(C)CN1C(=O)c2ccc(C(=O)N3CCN(C(=O)C(Cl)Cl)CC3)cc2C1=O. The van der Waals surface area contributed by atoms with Crippen LogP contribution in [0.3, 0.4) is 0 Å². The van der Waals surface area contributed by atoms with Gasteiger partial charge >= 0.3 is 0 Å². The van der Waals surface area contributed by atoms with Gasteiger partial charge in [-0.1, -0.05) is 37.0 Å². The average Bonchev–Trinajstić information content (AvgIpc) is 2.91. The van der Waals surface area contributed by atoms with E-state index < -0.39 is 4.84 Å². The van der Waals surface area contributed by atoms with Gasteiger partial charge in [0.2, 0.25) is 0 Å². The third kappa shape index (κ3) is 3.86. The molecule has 28 heavy (non-hydrogen) atoms. The summed E-state index contributed by atoms with van der Waals surface area (Å²) in [7, 11) is 0. The van der Waals surface area contributed by atoms with Crippen molar-refractivity contribution in [1.82, 2.24) is 14.7 Å². The molecular formula is C19H21Cl2N3O4. The van der Waals surface area contributed by atoms with Crippen LogP contribution in [0.4, 0.5) is 0 Å². The summed E-state index contributed by atoms with van der Waals surface area (Å²) < 4.78 is 0. The van der Waals surface area contributed by atoms with E-state index in [1.165, 1.54) is 21.9 Å². The molecule has 0 radical (unpaired) electrons. The summed E-state index contributed by atoms with van der Waals surface area (Å²) >= 11 is 11.2. The van der Waals surface area contributed by atoms with Crippen LogP contribution < -0.4 is 0 Å². The second kappa shape index (κ2) is 8.09. The van der Waals surface area contributed by atoms with Crippen molar-refractivity contribution in [2.75, 3.05) is 32.7 Å². The maximum absolute atomic E-state index is 12.8. The van der Waals surface area contributed by atoms with Gasteiger partial charge in [0.1, 0.15) is 0 Å². The van der Waals surface area contributed by atoms with E-state index in [9.17, 15) is 19.2 Å². The fourth-order valence-corrected chi connectivity index (χ4v) is 3.68. The number of hydrogen-bond donors (Lipinski definition) is 0. The van der Waals surface area contributed by atoms with Crippen LogP contribution in [0.1, 0.15) is 44.9 Å². The number of amides is 4. The summed E-state index contributed by atoms with van der Waals surface area (Å²) in [5.74, 6) is -1.15. The number of hydrogen-bond acceptors (Lipinski definition) is 4. The Labute approximate surface area is 173 Å². The molecule has 0 saturated carbocycles. The van der Waals surface area contributed by atoms with Crippen molar-refractivity contribution in [3.63, 3.8) is 0 Å². The molecule has 0 bridgehead atoms. The predicted octanol–water partition coefficient (Wildman–Crippen LogP) is 2.03. The number of alkyl halides is 2. The number of benzene rings is 1. The molecule has 2 aliphatic rings. The van der Waals surface area contributed by atoms with Gasteiger partial charge < -0.3 is 9.80 Å². The first kappa shape index (κ1) is 20.6. The summed E-state index contributed by atoms with van der Waals surface area (Å²) in [6.07, 6.45) is 0. The van der Waals surface area contributed by atoms with Crippen molar-refractivity contribution >= 4 is 46.8 Å². The zero-order valence-electron chi connectivity index (χ0n) is 15.7. The van der Waals surface area contributed by atoms with E-state index in [4.69, 9.17) is 23.2 Å². The highest BCUT2D eigenvalue weighted by atomic mass is 35.5. The van der Waals surface area contributed by atoms with Crippen LogP contribution in [0.2, 0.25) is 0 Å². The van der Waals surface area contributed by atoms with Crippen molar-refractivity contribution in [3.8, 4) is 0 Å². The van der Waals surface area contributed by atoms with Crippen LogP contribution in [0, 0.1) is 5.92 Å². The maximum atomic E-state index is 12.8. The molecule has 3 rings (SSSR count). The van der Waals surface area contributed by atoms with E-state index >= 15 is 0 Å². The van der Waals surface area contributed by atoms with Gasteiger partial charge in [0.15, 0.2) is 4.84 Å². The number of carbonyl (C=O) groups is 4. The van der Waals surface area contributed by atoms with E-state index in [-0.39, 0.29) is 35.1 Å². The number of carbonyl (C=O) groups excluding carboxylic acids is 4. The van der Waals surface area contributed by atoms with Crippen molar-refractivity contribution in [2.45, 2.75) is 18.7 Å². The molecular weight excluding hydrogens is 405 g/mol. The molecule has 1 aromatic carbocycles. The standard InChI is InChI=1S/C19H21Cl2N3O4/c1-11(2)10-24-17(26)13-4-3-12(9-14(13)18(24)27)16(25)22-5-7-23(8-6-22)19(28)15(20)21/h3-4,9,11,15H,5-8,10H2,1-2H3. The number of imide groups is 1. The zero-order valence-corrected chi connectivity index (χ0v) is 17.2. The molecule has 9 heteroatoms. The topological polar surface area (TPSA) is 78.0 Å². The predicted molar refractivity (Wildman–Crippen MR) is 105 cm³/mol. The molecule has 1 aromatic rings. The third-order valence-electron chi connectivity index (χ3n) is 4.83. The van der Waals surface area contributed by atoms with Crippen LogP contribution in [-0.4, -0.2) is 75.9 Å². The van der Waals surface area contributed by atoms with Crippen molar-refractivity contribution in [3.05, 3.63) is 34.9 Å². The van der Waals surface area contributed by atoms with Gasteiger partial charge in [0.05, 0.1) is 11.1 Å². The second-order valence-electron chi connectivity index (χ2n) is 7.29. The molecule has 0 aliphatic carbocycles. The van der Waals surface area contributed by atoms with Crippen molar-refractivity contribution < 1.29 is 19.2 Å². The summed E-state index contributed by atoms with van der Waals surface area (Å²) in [5.41, 5.74) is 0.934. The van der Waals surface area contributed by atoms with E-state index in [1.54, 1.807) is 11.0 Å². The Morgan fingerprint density at radius 2 is 1.54 bits per heavy atom. The second-order valence-corrected chi connectivity index (χ2v) is 8.39. The highest BCUT2D eigenvalue weighted by Gasteiger charge is 2.36. The number of nitrogens with zero attached hydrogens (tertiary/aromatic N) is 3. The van der Waals surface area contributed by atoms with Gasteiger partial charge in [-0.15, -0.1) is 0 Å². The Balaban J connectivity index is 1.72. The van der Waals surface area contributed by atoms with Crippen LogP contribution in [0.15, 0.2) is 18.2 Å². The molecule has 0 unspecified atom stereocenters. The first-order chi connectivity index (χ1) is 13.2. The highest BCUT2D eigenvalue weighted by molar-refractivity contribution is 6.53. The van der Waals surface area contributed by atoms with Gasteiger partial charge in [0, 0.05) is 38.3 Å². The maximum Gasteiger partial charge on any atom is 0.261 e. The van der Waals surface area contributed by atoms with Crippen LogP contribution >= 0.6 is 23.2 Å². The van der Waals surface area contributed by atoms with Crippen LogP contribution in [-0.2, 0) is 4.79 Å². The minimum atomic E-state index is -1.11. The molecule has 0 aromatic heterocycles. The first-order valence-electron chi connectivity index (χ1n) is 9.07.